The van der Waals surface area contributed by atoms with Gasteiger partial charge in [-0.1, -0.05) is 5.16 Å². The number of amides is 2. The fraction of sp³-hybridized carbons (Fsp3) is 0.318. The van der Waals surface area contributed by atoms with Crippen LogP contribution in [0.15, 0.2) is 41.2 Å². The van der Waals surface area contributed by atoms with Gasteiger partial charge >= 0.3 is 0 Å². The molecule has 3 aromatic rings. The number of primary amides is 1. The Morgan fingerprint density at radius 3 is 2.50 bits per heavy atom. The normalized spacial score (nSPS) is 17.8. The summed E-state index contributed by atoms with van der Waals surface area (Å²) in [5.41, 5.74) is 15.7. The van der Waals surface area contributed by atoms with Crippen molar-refractivity contribution in [3.8, 4) is 22.6 Å². The minimum atomic E-state index is -0.722. The molecule has 2 amide bonds. The first-order chi connectivity index (χ1) is 15.3. The number of anilines is 1. The molecule has 1 atom stereocenters. The number of hydrogen-bond acceptors (Lipinski definition) is 8. The Hall–Kier alpha value is -3.79. The summed E-state index contributed by atoms with van der Waals surface area (Å²) in [7, 11) is 1.69. The summed E-state index contributed by atoms with van der Waals surface area (Å²) in [4.78, 5) is 32.5. The lowest BCUT2D eigenvalue weighted by atomic mass is 10.0. The molecule has 0 bridgehead atoms. The number of carbonyl (C=O) groups is 2. The van der Waals surface area contributed by atoms with E-state index in [0.717, 1.165) is 24.0 Å². The van der Waals surface area contributed by atoms with Gasteiger partial charge in [0.05, 0.1) is 17.1 Å². The van der Waals surface area contributed by atoms with Crippen molar-refractivity contribution in [3.05, 3.63) is 48.0 Å². The molecular weight excluding hydrogens is 412 g/mol. The van der Waals surface area contributed by atoms with E-state index >= 15 is 0 Å². The van der Waals surface area contributed by atoms with Crippen LogP contribution in [-0.2, 0) is 4.79 Å². The lowest BCUT2D eigenvalue weighted by molar-refractivity contribution is -0.133. The van der Waals surface area contributed by atoms with E-state index in [1.54, 1.807) is 19.3 Å². The van der Waals surface area contributed by atoms with E-state index in [-0.39, 0.29) is 11.6 Å². The van der Waals surface area contributed by atoms with Gasteiger partial charge in [0.15, 0.2) is 5.69 Å². The summed E-state index contributed by atoms with van der Waals surface area (Å²) in [6, 6.07) is 7.33. The number of likely N-dealkylation sites (N-methyl/N-ethyl adjacent to an activating group) is 1. The first-order valence-electron chi connectivity index (χ1n) is 10.3. The first-order valence-corrected chi connectivity index (χ1v) is 10.3. The second-order valence-electron chi connectivity index (χ2n) is 7.88. The van der Waals surface area contributed by atoms with Crippen molar-refractivity contribution >= 4 is 17.5 Å². The molecule has 10 heteroatoms. The number of nitrogens with two attached hydrogens (primary N) is 2. The van der Waals surface area contributed by atoms with E-state index in [4.69, 9.17) is 21.1 Å². The van der Waals surface area contributed by atoms with Crippen LogP contribution in [0, 0.1) is 0 Å². The zero-order valence-electron chi connectivity index (χ0n) is 17.6. The molecule has 1 saturated heterocycles. The molecule has 2 aliphatic rings. The Bertz CT molecular complexity index is 1130. The number of nitrogen functional groups attached to an aromatic ring is 1. The monoisotopic (exact) mass is 436 g/mol. The summed E-state index contributed by atoms with van der Waals surface area (Å²) in [5.74, 6) is -0.419. The summed E-state index contributed by atoms with van der Waals surface area (Å²) in [6.45, 7) is 0.694. The van der Waals surface area contributed by atoms with E-state index in [2.05, 4.69) is 15.1 Å². The summed E-state index contributed by atoms with van der Waals surface area (Å²) < 4.78 is 4.88. The molecule has 1 saturated carbocycles. The molecule has 1 unspecified atom stereocenters. The highest BCUT2D eigenvalue weighted by molar-refractivity contribution is 5.97. The van der Waals surface area contributed by atoms with Crippen molar-refractivity contribution in [3.63, 3.8) is 0 Å². The highest BCUT2D eigenvalue weighted by atomic mass is 16.5. The number of rotatable bonds is 4. The Morgan fingerprint density at radius 2 is 1.97 bits per heavy atom. The molecule has 1 aliphatic heterocycles. The predicted octanol–water partition coefficient (Wildman–Crippen LogP) is 1.57. The van der Waals surface area contributed by atoms with Crippen LogP contribution in [0.25, 0.3) is 22.6 Å². The van der Waals surface area contributed by atoms with E-state index in [1.165, 1.54) is 11.2 Å². The van der Waals surface area contributed by atoms with Gasteiger partial charge in [-0.15, -0.1) is 0 Å². The van der Waals surface area contributed by atoms with Crippen LogP contribution in [-0.4, -0.2) is 56.6 Å². The molecule has 5 N–H and O–H groups in total. The highest BCUT2D eigenvalue weighted by Gasteiger charge is 2.29. The second kappa shape index (κ2) is 8.75. The fourth-order valence-electron chi connectivity index (χ4n) is 3.52. The lowest BCUT2D eigenvalue weighted by Crippen LogP contribution is -2.24. The Balaban J connectivity index is 0.000000260. The minimum Gasteiger partial charge on any atom is -0.397 e. The summed E-state index contributed by atoms with van der Waals surface area (Å²) in [6.07, 6.45) is 5.15. The highest BCUT2D eigenvalue weighted by Crippen LogP contribution is 2.44. The SMILES string of the molecule is CN1CCC(O)C1=O.NC(=O)c1nc(-c2cc(-c3ccon3)ccn2)cc(C2CC2)c1N. The number of aliphatic hydroxyl groups is 1. The van der Waals surface area contributed by atoms with Crippen molar-refractivity contribution < 1.29 is 19.2 Å². The minimum absolute atomic E-state index is 0.100. The molecule has 2 fully saturated rings. The number of nitrogens with zero attached hydrogens (tertiary/aromatic N) is 4. The Morgan fingerprint density at radius 1 is 1.19 bits per heavy atom. The maximum absolute atomic E-state index is 11.7. The molecule has 5 rings (SSSR count). The van der Waals surface area contributed by atoms with E-state index in [1.807, 2.05) is 18.2 Å². The quantitative estimate of drug-likeness (QED) is 0.555. The molecule has 0 spiro atoms. The van der Waals surface area contributed by atoms with Gasteiger partial charge in [-0.25, -0.2) is 4.98 Å². The summed E-state index contributed by atoms with van der Waals surface area (Å²) >= 11 is 0. The lowest BCUT2D eigenvalue weighted by Gasteiger charge is -2.11. The van der Waals surface area contributed by atoms with Crippen LogP contribution in [0.1, 0.15) is 41.2 Å². The topological polar surface area (TPSA) is 161 Å². The van der Waals surface area contributed by atoms with Gasteiger partial charge in [0.1, 0.15) is 18.1 Å². The van der Waals surface area contributed by atoms with Crippen LogP contribution >= 0.6 is 0 Å². The van der Waals surface area contributed by atoms with Crippen LogP contribution in [0.3, 0.4) is 0 Å². The third-order valence-corrected chi connectivity index (χ3v) is 5.50. The number of pyridine rings is 2. The average molecular weight is 436 g/mol. The van der Waals surface area contributed by atoms with Gasteiger partial charge in [-0.2, -0.15) is 0 Å². The number of carbonyl (C=O) groups excluding carboxylic acids is 2. The van der Waals surface area contributed by atoms with Gasteiger partial charge < -0.3 is 26.0 Å². The van der Waals surface area contributed by atoms with Crippen LogP contribution in [0.2, 0.25) is 0 Å². The molecule has 10 nitrogen and oxygen atoms in total. The molecule has 1 aliphatic carbocycles. The number of hydrogen-bond donors (Lipinski definition) is 3. The van der Waals surface area contributed by atoms with Crippen molar-refractivity contribution in [2.75, 3.05) is 19.3 Å². The van der Waals surface area contributed by atoms with Crippen LogP contribution < -0.4 is 11.5 Å². The van der Waals surface area contributed by atoms with Crippen LogP contribution in [0.5, 0.6) is 0 Å². The number of aromatic nitrogens is 3. The van der Waals surface area contributed by atoms with Gasteiger partial charge in [-0.05, 0) is 48.9 Å². The van der Waals surface area contributed by atoms with E-state index < -0.39 is 12.0 Å². The Kier molecular flexibility index (Phi) is 5.87. The maximum Gasteiger partial charge on any atom is 0.269 e. The maximum atomic E-state index is 11.7. The largest absolute Gasteiger partial charge is 0.397 e. The second-order valence-corrected chi connectivity index (χ2v) is 7.88. The van der Waals surface area contributed by atoms with Crippen LogP contribution in [0.4, 0.5) is 5.69 Å². The zero-order chi connectivity index (χ0) is 22.8. The molecule has 3 aromatic heterocycles. The van der Waals surface area contributed by atoms with Gasteiger partial charge in [0, 0.05) is 31.4 Å². The molecule has 4 heterocycles. The fourth-order valence-corrected chi connectivity index (χ4v) is 3.52. The molecule has 166 valence electrons. The van der Waals surface area contributed by atoms with E-state index in [0.29, 0.717) is 41.7 Å². The van der Waals surface area contributed by atoms with Crippen molar-refractivity contribution in [2.24, 2.45) is 5.73 Å². The molecule has 32 heavy (non-hydrogen) atoms. The molecule has 0 aromatic carbocycles. The average Bonchev–Trinajstić information content (AvgIpc) is 3.40. The number of aliphatic hydroxyl groups excluding tert-OH is 1. The summed E-state index contributed by atoms with van der Waals surface area (Å²) in [5, 5.41) is 12.7. The van der Waals surface area contributed by atoms with Gasteiger partial charge in [0.2, 0.25) is 0 Å². The van der Waals surface area contributed by atoms with Crippen molar-refractivity contribution in [2.45, 2.75) is 31.3 Å². The molecular formula is C22H24N6O4. The van der Waals surface area contributed by atoms with Gasteiger partial charge in [-0.3, -0.25) is 14.6 Å². The standard InChI is InChI=1S/C17H15N5O2.C5H9NO2/c18-15-11(9-1-2-9)8-14(21-16(15)17(19)23)13-7-10(3-5-20-13)12-4-6-24-22-12;1-6-3-2-4(7)5(6)8/h3-9H,1-2,18H2,(H2,19,23);4,7H,2-3H2,1H3. The molecule has 0 radical (unpaired) electrons. The van der Waals surface area contributed by atoms with Gasteiger partial charge in [0.25, 0.3) is 11.8 Å². The van der Waals surface area contributed by atoms with Crippen molar-refractivity contribution in [1.82, 2.24) is 20.0 Å². The Labute approximate surface area is 184 Å². The van der Waals surface area contributed by atoms with E-state index in [9.17, 15) is 9.59 Å². The predicted molar refractivity (Wildman–Crippen MR) is 116 cm³/mol. The number of likely N-dealkylation sites (tertiary alicyclic amines) is 1. The smallest absolute Gasteiger partial charge is 0.269 e. The zero-order valence-corrected chi connectivity index (χ0v) is 17.6. The third kappa shape index (κ3) is 4.45. The van der Waals surface area contributed by atoms with Crippen molar-refractivity contribution in [1.29, 1.82) is 0 Å². The first kappa shape index (κ1) is 21.4. The third-order valence-electron chi connectivity index (χ3n) is 5.50.